The fourth-order valence-corrected chi connectivity index (χ4v) is 15.5. The lowest BCUT2D eigenvalue weighted by Gasteiger charge is -2.27. The molecule has 77 heavy (non-hydrogen) atoms. The van der Waals surface area contributed by atoms with E-state index in [2.05, 4.69) is 143 Å². The summed E-state index contributed by atoms with van der Waals surface area (Å²) in [5, 5.41) is 2.29. The smallest absolute Gasteiger partial charge is 0.160 e. The second kappa shape index (κ2) is 52.4. The maximum Gasteiger partial charge on any atom is 0.160 e. The van der Waals surface area contributed by atoms with Crippen molar-refractivity contribution in [3.05, 3.63) is 0 Å². The van der Waals surface area contributed by atoms with E-state index in [1.807, 2.05) is 0 Å². The molecule has 5 heteroatoms. The second-order valence-corrected chi connectivity index (χ2v) is 30.4. The molecule has 0 saturated carbocycles. The molecule has 0 spiro atoms. The number of unbranched alkanes of at least 4 members (excludes halogenated alkanes) is 12. The Bertz CT molecular complexity index is 1130. The molecule has 0 aliphatic rings. The molecule has 0 aromatic carbocycles. The lowest BCUT2D eigenvalue weighted by atomic mass is 9.80. The first-order valence-electron chi connectivity index (χ1n) is 34.8. The molecule has 0 N–H and O–H groups in total. The Balaban J connectivity index is 5.39. The molecule has 0 radical (unpaired) electrons. The van der Waals surface area contributed by atoms with E-state index < -0.39 is 0 Å². The summed E-state index contributed by atoms with van der Waals surface area (Å²) in [6, 6.07) is 0. The van der Waals surface area contributed by atoms with E-state index in [1.165, 1.54) is 205 Å². The summed E-state index contributed by atoms with van der Waals surface area (Å²) < 4.78 is 20.4. The van der Waals surface area contributed by atoms with Gasteiger partial charge in [-0.15, -0.1) is 0 Å². The van der Waals surface area contributed by atoms with E-state index in [9.17, 15) is 0 Å². The summed E-state index contributed by atoms with van der Waals surface area (Å²) in [7, 11) is 0. The highest BCUT2D eigenvalue weighted by Crippen LogP contribution is 2.34. The van der Waals surface area contributed by atoms with Crippen LogP contribution in [0.2, 0.25) is 0 Å². The molecule has 0 aromatic heterocycles. The van der Waals surface area contributed by atoms with Gasteiger partial charge >= 0.3 is 0 Å². The summed E-state index contributed by atoms with van der Waals surface area (Å²) in [5.74, 6) is 11.3. The first-order valence-corrected chi connectivity index (χ1v) is 37.0. The van der Waals surface area contributed by atoms with Crippen molar-refractivity contribution in [3.63, 3.8) is 0 Å². The predicted molar refractivity (Wildman–Crippen MR) is 354 cm³/mol. The van der Waals surface area contributed by atoms with Crippen LogP contribution >= 0.6 is 31.9 Å². The minimum absolute atomic E-state index is 0.168. The normalized spacial score (nSPS) is 18.6. The molecule has 0 aliphatic carbocycles. The molecule has 0 aliphatic heterocycles. The third-order valence-corrected chi connectivity index (χ3v) is 19.1. The van der Waals surface area contributed by atoms with Gasteiger partial charge in [0.2, 0.25) is 0 Å². The topological polar surface area (TPSA) is 27.7 Å². The van der Waals surface area contributed by atoms with E-state index in [0.717, 1.165) is 132 Å². The summed E-state index contributed by atoms with van der Waals surface area (Å²) in [6.07, 6.45) is 46.6. The summed E-state index contributed by atoms with van der Waals surface area (Å²) in [4.78, 5) is 0. The predicted octanol–water partition coefficient (Wildman–Crippen LogP) is 25.5. The Kier molecular flexibility index (Phi) is 53.0. The summed E-state index contributed by atoms with van der Waals surface area (Å²) >= 11 is 7.25. The second-order valence-electron chi connectivity index (χ2n) is 28.8. The minimum atomic E-state index is -0.168. The quantitative estimate of drug-likeness (QED) is 0.0345. The molecule has 0 amide bonds. The van der Waals surface area contributed by atoms with Crippen molar-refractivity contribution in [2.45, 2.75) is 355 Å². The zero-order valence-electron chi connectivity index (χ0n) is 55.5. The van der Waals surface area contributed by atoms with Crippen molar-refractivity contribution in [1.82, 2.24) is 0 Å². The Hall–Kier alpha value is 0.840. The van der Waals surface area contributed by atoms with Crippen molar-refractivity contribution < 1.29 is 14.2 Å². The van der Waals surface area contributed by atoms with E-state index in [1.54, 1.807) is 0 Å². The van der Waals surface area contributed by atoms with Crippen LogP contribution in [0, 0.1) is 82.9 Å². The van der Waals surface area contributed by atoms with Gasteiger partial charge < -0.3 is 14.2 Å². The third-order valence-electron chi connectivity index (χ3n) is 18.0. The number of halogens is 2. The van der Waals surface area contributed by atoms with Gasteiger partial charge in [0.05, 0.1) is 0 Å². The molecule has 0 fully saturated rings. The zero-order chi connectivity index (χ0) is 57.6. The van der Waals surface area contributed by atoms with Crippen LogP contribution in [0.15, 0.2) is 0 Å². The van der Waals surface area contributed by atoms with Gasteiger partial charge in [-0.05, 0) is 224 Å². The van der Waals surface area contributed by atoms with Crippen LogP contribution in [0.4, 0.5) is 0 Å². The fourth-order valence-electron chi connectivity index (χ4n) is 14.9. The Labute approximate surface area is 504 Å². The Morgan fingerprint density at radius 3 is 0.675 bits per heavy atom. The van der Waals surface area contributed by atoms with Crippen molar-refractivity contribution in [2.24, 2.45) is 82.9 Å². The van der Waals surface area contributed by atoms with Gasteiger partial charge in [0, 0.05) is 23.9 Å². The average molecular weight is 1220 g/mol. The van der Waals surface area contributed by atoms with Gasteiger partial charge in [0.1, 0.15) is 0 Å². The summed E-state index contributed by atoms with van der Waals surface area (Å²) in [6.45, 7) is 41.5. The molecule has 0 saturated heterocycles. The van der Waals surface area contributed by atoms with E-state index in [0.29, 0.717) is 0 Å². The zero-order valence-corrected chi connectivity index (χ0v) is 58.7. The van der Waals surface area contributed by atoms with Crippen LogP contribution in [-0.2, 0) is 14.2 Å². The highest BCUT2D eigenvalue weighted by molar-refractivity contribution is 9.09. The summed E-state index contributed by atoms with van der Waals surface area (Å²) in [5.41, 5.74) is 0. The monoisotopic (exact) mass is 1210 g/mol. The van der Waals surface area contributed by atoms with Crippen LogP contribution in [0.1, 0.15) is 342 Å². The van der Waals surface area contributed by atoms with Crippen molar-refractivity contribution >= 4 is 31.9 Å². The largest absolute Gasteiger partial charge is 0.353 e. The molecule has 464 valence electrons. The SMILES string of the molecule is CCCCCCCCCOC(CCCC(C)CC(C)CC(C)CC(C)CC(C)CC(C)CC(C)CCCBr)OC(CCCC(C)CC(C)CC(C)CC(C)CC(C)CC(C)CC(C)CCCBr)OCCCCCCCCC. The van der Waals surface area contributed by atoms with Crippen LogP contribution in [0.5, 0.6) is 0 Å². The van der Waals surface area contributed by atoms with Gasteiger partial charge in [0.15, 0.2) is 12.6 Å². The first-order chi connectivity index (χ1) is 36.8. The molecule has 3 nitrogen and oxygen atoms in total. The molecular weight excluding hydrogens is 1070 g/mol. The maximum atomic E-state index is 6.99. The van der Waals surface area contributed by atoms with Crippen LogP contribution in [-0.4, -0.2) is 36.5 Å². The molecule has 16 atom stereocenters. The highest BCUT2D eigenvalue weighted by atomic mass is 79.9. The van der Waals surface area contributed by atoms with Gasteiger partial charge in [-0.3, -0.25) is 0 Å². The van der Waals surface area contributed by atoms with Gasteiger partial charge in [-0.25, -0.2) is 0 Å². The third kappa shape index (κ3) is 49.9. The maximum absolute atomic E-state index is 6.99. The number of rotatable bonds is 58. The van der Waals surface area contributed by atoms with E-state index in [-0.39, 0.29) is 12.6 Å². The van der Waals surface area contributed by atoms with Crippen molar-refractivity contribution in [2.75, 3.05) is 23.9 Å². The molecular formula is C72H144Br2O3. The lowest BCUT2D eigenvalue weighted by molar-refractivity contribution is -0.250. The standard InChI is InChI=1S/C72H144Br2O3/c1-17-19-21-23-25-27-29-43-75-71(39-31-35-57(3)45-61(7)49-65(11)53-69(15)55-67(13)51-63(9)47-59(5)37-33-41-73)77-72(76-44-30-28-26-24-22-20-18-2)40-32-36-58(4)46-62(8)50-66(12)54-70(16)56-68(14)52-64(10)48-60(6)38-34-42-74/h57-72H,17-56H2,1-16H3. The average Bonchev–Trinajstić information content (AvgIpc) is 3.33. The van der Waals surface area contributed by atoms with Crippen LogP contribution in [0.25, 0.3) is 0 Å². The first kappa shape index (κ1) is 77.8. The fraction of sp³-hybridized carbons (Fsp3) is 1.00. The molecule has 0 heterocycles. The Morgan fingerprint density at radius 2 is 0.442 bits per heavy atom. The number of hydrogen-bond acceptors (Lipinski definition) is 3. The molecule has 0 aromatic rings. The van der Waals surface area contributed by atoms with E-state index in [4.69, 9.17) is 14.2 Å². The molecule has 16 unspecified atom stereocenters. The minimum Gasteiger partial charge on any atom is -0.353 e. The Morgan fingerprint density at radius 1 is 0.234 bits per heavy atom. The number of hydrogen-bond donors (Lipinski definition) is 0. The molecule has 0 bridgehead atoms. The highest BCUT2D eigenvalue weighted by Gasteiger charge is 2.23. The van der Waals surface area contributed by atoms with Crippen molar-refractivity contribution in [1.29, 1.82) is 0 Å². The number of ether oxygens (including phenoxy) is 3. The van der Waals surface area contributed by atoms with Gasteiger partial charge in [-0.2, -0.15) is 0 Å². The number of alkyl halides is 2. The van der Waals surface area contributed by atoms with Crippen LogP contribution < -0.4 is 0 Å². The van der Waals surface area contributed by atoms with Crippen LogP contribution in [0.3, 0.4) is 0 Å². The van der Waals surface area contributed by atoms with Crippen molar-refractivity contribution in [3.8, 4) is 0 Å². The van der Waals surface area contributed by atoms with Gasteiger partial charge in [0.25, 0.3) is 0 Å². The van der Waals surface area contributed by atoms with E-state index >= 15 is 0 Å². The molecule has 0 rings (SSSR count). The van der Waals surface area contributed by atoms with Gasteiger partial charge in [-0.1, -0.05) is 233 Å². The lowest BCUT2D eigenvalue weighted by Crippen LogP contribution is -2.28.